The van der Waals surface area contributed by atoms with Crippen LogP contribution in [0.1, 0.15) is 41.5 Å². The van der Waals surface area contributed by atoms with Gasteiger partial charge in [-0.1, -0.05) is 18.2 Å². The van der Waals surface area contributed by atoms with Crippen LogP contribution in [0.4, 0.5) is 10.3 Å². The maximum Gasteiger partial charge on any atom is 0.274 e. The van der Waals surface area contributed by atoms with Gasteiger partial charge in [0.1, 0.15) is 11.5 Å². The van der Waals surface area contributed by atoms with Crippen molar-refractivity contribution in [1.29, 1.82) is 0 Å². The largest absolute Gasteiger partial charge is 0.368 e. The average molecular weight is 408 g/mol. The highest BCUT2D eigenvalue weighted by atomic mass is 19.1. The van der Waals surface area contributed by atoms with Gasteiger partial charge in [0.15, 0.2) is 0 Å². The number of aromatic nitrogens is 4. The second-order valence-electron chi connectivity index (χ2n) is 7.20. The Bertz CT molecular complexity index is 1160. The number of carbonyl (C=O) groups excluding carboxylic acids is 1. The van der Waals surface area contributed by atoms with E-state index >= 15 is 0 Å². The molecule has 30 heavy (non-hydrogen) atoms. The summed E-state index contributed by atoms with van der Waals surface area (Å²) in [6.07, 6.45) is 3.85. The van der Waals surface area contributed by atoms with Gasteiger partial charge in [0.2, 0.25) is 5.95 Å². The van der Waals surface area contributed by atoms with Gasteiger partial charge in [-0.25, -0.2) is 19.0 Å². The van der Waals surface area contributed by atoms with E-state index in [0.717, 1.165) is 17.5 Å². The molecule has 0 saturated carbocycles. The van der Waals surface area contributed by atoms with Gasteiger partial charge in [-0.15, -0.1) is 0 Å². The second-order valence-corrected chi connectivity index (χ2v) is 7.20. The molecule has 0 radical (unpaired) electrons. The summed E-state index contributed by atoms with van der Waals surface area (Å²) in [5, 5.41) is 4.08. The number of amides is 1. The molecule has 3 heterocycles. The second kappa shape index (κ2) is 8.02. The molecule has 1 amide bonds. The molecule has 2 N–H and O–H groups in total. The first-order valence-electron chi connectivity index (χ1n) is 9.68. The van der Waals surface area contributed by atoms with Gasteiger partial charge in [-0.2, -0.15) is 5.10 Å². The van der Waals surface area contributed by atoms with Crippen molar-refractivity contribution >= 4 is 11.9 Å². The van der Waals surface area contributed by atoms with Gasteiger partial charge in [-0.3, -0.25) is 9.59 Å². The number of nitrogen functional groups attached to an aromatic ring is 1. The Morgan fingerprint density at radius 3 is 2.73 bits per heavy atom. The Labute approximate surface area is 172 Å². The number of nitrogens with two attached hydrogens (primary N) is 1. The van der Waals surface area contributed by atoms with E-state index in [9.17, 15) is 14.0 Å². The Balaban J connectivity index is 1.79. The van der Waals surface area contributed by atoms with Gasteiger partial charge in [0, 0.05) is 37.0 Å². The predicted octanol–water partition coefficient (Wildman–Crippen LogP) is 2.33. The summed E-state index contributed by atoms with van der Waals surface area (Å²) in [7, 11) is 1.49. The lowest BCUT2D eigenvalue weighted by molar-refractivity contribution is 0.0598. The third-order valence-corrected chi connectivity index (χ3v) is 5.26. The summed E-state index contributed by atoms with van der Waals surface area (Å²) in [6, 6.07) is 8.68. The van der Waals surface area contributed by atoms with Crippen molar-refractivity contribution in [1.82, 2.24) is 24.6 Å². The lowest BCUT2D eigenvalue weighted by Crippen LogP contribution is -2.40. The fourth-order valence-corrected chi connectivity index (χ4v) is 3.77. The van der Waals surface area contributed by atoms with Crippen molar-refractivity contribution in [3.63, 3.8) is 0 Å². The third kappa shape index (κ3) is 3.66. The zero-order chi connectivity index (χ0) is 21.3. The molecule has 8 nitrogen and oxygen atoms in total. The zero-order valence-electron chi connectivity index (χ0n) is 16.5. The van der Waals surface area contributed by atoms with Crippen LogP contribution in [-0.4, -0.2) is 37.1 Å². The van der Waals surface area contributed by atoms with Gasteiger partial charge < -0.3 is 10.6 Å². The summed E-state index contributed by atoms with van der Waals surface area (Å²) in [5.41, 5.74) is 7.07. The highest BCUT2D eigenvalue weighted by Gasteiger charge is 2.33. The predicted molar refractivity (Wildman–Crippen MR) is 109 cm³/mol. The number of carbonyl (C=O) groups is 1. The average Bonchev–Trinajstić information content (AvgIpc) is 2.76. The number of piperidine rings is 1. The van der Waals surface area contributed by atoms with Gasteiger partial charge in [0.05, 0.1) is 11.7 Å². The molecule has 0 bridgehead atoms. The third-order valence-electron chi connectivity index (χ3n) is 5.26. The number of hydrogen-bond donors (Lipinski definition) is 1. The highest BCUT2D eigenvalue weighted by Crippen LogP contribution is 2.37. The molecule has 9 heteroatoms. The molecule has 2 aromatic heterocycles. The van der Waals surface area contributed by atoms with Crippen LogP contribution >= 0.6 is 0 Å². The van der Waals surface area contributed by atoms with Crippen molar-refractivity contribution in [2.45, 2.75) is 25.3 Å². The van der Waals surface area contributed by atoms with Crippen molar-refractivity contribution in [3.05, 3.63) is 70.2 Å². The van der Waals surface area contributed by atoms with Crippen LogP contribution in [0.5, 0.6) is 0 Å². The first-order chi connectivity index (χ1) is 14.5. The highest BCUT2D eigenvalue weighted by molar-refractivity contribution is 5.92. The Morgan fingerprint density at radius 2 is 1.97 bits per heavy atom. The van der Waals surface area contributed by atoms with Crippen LogP contribution in [-0.2, 0) is 7.05 Å². The standard InChI is InChI=1S/C21H21FN6O2/c1-27-18(29)10-9-16(26-27)20(30)28-11-5-4-8-17(28)19-14(12-24-21(23)25-19)13-6-2-3-7-15(13)22/h2-3,6-7,9-10,12,17H,4-5,8,11H2,1H3,(H2,23,24,25)/t17-/m1/s1. The fourth-order valence-electron chi connectivity index (χ4n) is 3.77. The van der Waals surface area contributed by atoms with E-state index in [-0.39, 0.29) is 23.1 Å². The number of rotatable bonds is 3. The first kappa shape index (κ1) is 19.7. The quantitative estimate of drug-likeness (QED) is 0.713. The molecular formula is C21H21FN6O2. The number of hydrogen-bond acceptors (Lipinski definition) is 6. The molecule has 1 saturated heterocycles. The minimum atomic E-state index is -0.412. The van der Waals surface area contributed by atoms with E-state index in [0.29, 0.717) is 29.8 Å². The minimum absolute atomic E-state index is 0.0586. The summed E-state index contributed by atoms with van der Waals surface area (Å²) in [6.45, 7) is 0.495. The summed E-state index contributed by atoms with van der Waals surface area (Å²) in [4.78, 5) is 35.0. The summed E-state index contributed by atoms with van der Waals surface area (Å²) >= 11 is 0. The first-order valence-corrected chi connectivity index (χ1v) is 9.68. The maximum absolute atomic E-state index is 14.5. The lowest BCUT2D eigenvalue weighted by Gasteiger charge is -2.36. The van der Waals surface area contributed by atoms with Crippen LogP contribution in [0, 0.1) is 5.82 Å². The Hall–Kier alpha value is -3.62. The van der Waals surface area contributed by atoms with Crippen LogP contribution in [0.15, 0.2) is 47.4 Å². The number of benzene rings is 1. The molecule has 1 aromatic carbocycles. The maximum atomic E-state index is 14.5. The molecule has 154 valence electrons. The van der Waals surface area contributed by atoms with Crippen LogP contribution in [0.3, 0.4) is 0 Å². The molecule has 1 atom stereocenters. The van der Waals surface area contributed by atoms with E-state index in [1.54, 1.807) is 23.1 Å². The monoisotopic (exact) mass is 408 g/mol. The lowest BCUT2D eigenvalue weighted by atomic mass is 9.93. The van der Waals surface area contributed by atoms with E-state index in [4.69, 9.17) is 5.73 Å². The molecule has 0 aliphatic carbocycles. The SMILES string of the molecule is Cn1nc(C(=O)N2CCCC[C@@H]2c2nc(N)ncc2-c2ccccc2F)ccc1=O. The van der Waals surface area contributed by atoms with E-state index in [1.165, 1.54) is 31.4 Å². The van der Waals surface area contributed by atoms with Crippen molar-refractivity contribution in [3.8, 4) is 11.1 Å². The van der Waals surface area contributed by atoms with Crippen molar-refractivity contribution < 1.29 is 9.18 Å². The Morgan fingerprint density at radius 1 is 1.17 bits per heavy atom. The van der Waals surface area contributed by atoms with Crippen LogP contribution in [0.2, 0.25) is 0 Å². The molecule has 1 aliphatic rings. The topological polar surface area (TPSA) is 107 Å². The summed E-state index contributed by atoms with van der Waals surface area (Å²) < 4.78 is 15.6. The number of nitrogens with zero attached hydrogens (tertiary/aromatic N) is 5. The van der Waals surface area contributed by atoms with Crippen molar-refractivity contribution in [2.24, 2.45) is 7.05 Å². The fraction of sp³-hybridized carbons (Fsp3) is 0.286. The van der Waals surface area contributed by atoms with Gasteiger partial charge >= 0.3 is 0 Å². The Kier molecular flexibility index (Phi) is 5.26. The van der Waals surface area contributed by atoms with Crippen LogP contribution in [0.25, 0.3) is 11.1 Å². The molecule has 1 fully saturated rings. The minimum Gasteiger partial charge on any atom is -0.368 e. The molecule has 0 unspecified atom stereocenters. The smallest absolute Gasteiger partial charge is 0.274 e. The van der Waals surface area contributed by atoms with Gasteiger partial charge in [-0.05, 0) is 31.4 Å². The van der Waals surface area contributed by atoms with E-state index in [2.05, 4.69) is 15.1 Å². The molecule has 1 aliphatic heterocycles. The molecule has 3 aromatic rings. The summed E-state index contributed by atoms with van der Waals surface area (Å²) in [5.74, 6) is -0.657. The molecular weight excluding hydrogens is 387 g/mol. The number of anilines is 1. The zero-order valence-corrected chi connectivity index (χ0v) is 16.5. The van der Waals surface area contributed by atoms with E-state index < -0.39 is 11.9 Å². The number of aryl methyl sites for hydroxylation is 1. The molecule has 0 spiro atoms. The normalized spacial score (nSPS) is 16.5. The molecule has 4 rings (SSSR count). The number of halogens is 1. The van der Waals surface area contributed by atoms with E-state index in [1.807, 2.05) is 0 Å². The van der Waals surface area contributed by atoms with Gasteiger partial charge in [0.25, 0.3) is 11.5 Å². The number of likely N-dealkylation sites (tertiary alicyclic amines) is 1. The van der Waals surface area contributed by atoms with Crippen LogP contribution < -0.4 is 11.3 Å². The van der Waals surface area contributed by atoms with Crippen molar-refractivity contribution in [2.75, 3.05) is 12.3 Å².